The molecular formula is C11H13N3O2S. The van der Waals surface area contributed by atoms with Gasteiger partial charge in [-0.05, 0) is 0 Å². The van der Waals surface area contributed by atoms with Crippen molar-refractivity contribution in [2.24, 2.45) is 16.6 Å². The van der Waals surface area contributed by atoms with E-state index < -0.39 is 5.91 Å². The summed E-state index contributed by atoms with van der Waals surface area (Å²) in [7, 11) is 1.66. The number of carbonyl (C=O) groups excluding carboxylic acids is 2. The Morgan fingerprint density at radius 2 is 2.24 bits per heavy atom. The summed E-state index contributed by atoms with van der Waals surface area (Å²) < 4.78 is 0. The van der Waals surface area contributed by atoms with Crippen LogP contribution in [-0.4, -0.2) is 40.7 Å². The van der Waals surface area contributed by atoms with Crippen LogP contribution in [0.15, 0.2) is 29.3 Å². The Balaban J connectivity index is 2.19. The topological polar surface area (TPSA) is 75.8 Å². The molecule has 2 atom stereocenters. The van der Waals surface area contributed by atoms with E-state index in [-0.39, 0.29) is 23.6 Å². The monoisotopic (exact) mass is 251 g/mol. The van der Waals surface area contributed by atoms with Gasteiger partial charge < -0.3 is 5.73 Å². The zero-order valence-corrected chi connectivity index (χ0v) is 10.2. The molecule has 1 aliphatic heterocycles. The van der Waals surface area contributed by atoms with Gasteiger partial charge in [0.25, 0.3) is 0 Å². The van der Waals surface area contributed by atoms with Gasteiger partial charge in [0.05, 0.1) is 17.7 Å². The molecule has 6 heteroatoms. The van der Waals surface area contributed by atoms with Gasteiger partial charge in [0.1, 0.15) is 0 Å². The molecule has 1 heterocycles. The molecule has 2 amide bonds. The number of amides is 2. The first kappa shape index (κ1) is 11.9. The van der Waals surface area contributed by atoms with Crippen LogP contribution >= 0.6 is 11.8 Å². The normalized spacial score (nSPS) is 26.8. The second kappa shape index (κ2) is 4.75. The molecule has 2 N–H and O–H groups in total. The van der Waals surface area contributed by atoms with E-state index in [1.165, 1.54) is 16.7 Å². The molecule has 0 radical (unpaired) electrons. The lowest BCUT2D eigenvalue weighted by molar-refractivity contribution is -0.129. The van der Waals surface area contributed by atoms with Gasteiger partial charge in [-0.25, -0.2) is 0 Å². The van der Waals surface area contributed by atoms with Gasteiger partial charge in [0.15, 0.2) is 5.17 Å². The number of amidine groups is 1. The number of hydrogen-bond donors (Lipinski definition) is 1. The Labute approximate surface area is 103 Å². The number of rotatable bonds is 2. The van der Waals surface area contributed by atoms with Crippen LogP contribution in [0.2, 0.25) is 0 Å². The number of nitrogens with two attached hydrogens (primary N) is 1. The van der Waals surface area contributed by atoms with Crippen molar-refractivity contribution in [2.45, 2.75) is 6.04 Å². The quantitative estimate of drug-likeness (QED) is 0.758. The van der Waals surface area contributed by atoms with Crippen LogP contribution < -0.4 is 5.73 Å². The maximum atomic E-state index is 12.0. The number of nitrogens with zero attached hydrogens (tertiary/aromatic N) is 2. The number of aliphatic imine (C=N–C) groups is 1. The summed E-state index contributed by atoms with van der Waals surface area (Å²) in [5.74, 6) is -0.506. The SMILES string of the molecule is CN1C(=O)[C@H]2C=CC=C[C@@H]2N=C1SCC(N)=O. The molecule has 90 valence electrons. The third-order valence-electron chi connectivity index (χ3n) is 2.61. The van der Waals surface area contributed by atoms with Gasteiger partial charge in [-0.1, -0.05) is 36.1 Å². The predicted molar refractivity (Wildman–Crippen MR) is 67.4 cm³/mol. The molecule has 0 unspecified atom stereocenters. The van der Waals surface area contributed by atoms with Gasteiger partial charge in [-0.15, -0.1) is 0 Å². The fourth-order valence-corrected chi connectivity index (χ4v) is 2.50. The van der Waals surface area contributed by atoms with Gasteiger partial charge in [0, 0.05) is 7.05 Å². The largest absolute Gasteiger partial charge is 0.369 e. The van der Waals surface area contributed by atoms with Crippen molar-refractivity contribution in [3.8, 4) is 0 Å². The minimum Gasteiger partial charge on any atom is -0.369 e. The summed E-state index contributed by atoms with van der Waals surface area (Å²) in [6, 6.07) is -0.154. The lowest BCUT2D eigenvalue weighted by Crippen LogP contribution is -2.45. The van der Waals surface area contributed by atoms with Crippen LogP contribution in [0.3, 0.4) is 0 Å². The van der Waals surface area contributed by atoms with E-state index >= 15 is 0 Å². The van der Waals surface area contributed by atoms with Crippen molar-refractivity contribution in [1.29, 1.82) is 0 Å². The lowest BCUT2D eigenvalue weighted by Gasteiger charge is -2.32. The van der Waals surface area contributed by atoms with Crippen molar-refractivity contribution >= 4 is 28.7 Å². The molecule has 0 fully saturated rings. The molecule has 0 aromatic rings. The fraction of sp³-hybridized carbons (Fsp3) is 0.364. The molecule has 2 aliphatic rings. The Kier molecular flexibility index (Phi) is 3.33. The van der Waals surface area contributed by atoms with E-state index in [0.29, 0.717) is 5.17 Å². The van der Waals surface area contributed by atoms with Crippen LogP contribution in [0, 0.1) is 5.92 Å². The highest BCUT2D eigenvalue weighted by Gasteiger charge is 2.34. The molecule has 0 saturated heterocycles. The summed E-state index contributed by atoms with van der Waals surface area (Å²) in [5.41, 5.74) is 5.08. The maximum absolute atomic E-state index is 12.0. The molecule has 2 rings (SSSR count). The van der Waals surface area contributed by atoms with Crippen molar-refractivity contribution in [1.82, 2.24) is 4.90 Å². The highest BCUT2D eigenvalue weighted by Crippen LogP contribution is 2.26. The third kappa shape index (κ3) is 2.41. The van der Waals surface area contributed by atoms with Gasteiger partial charge in [-0.2, -0.15) is 0 Å². The Hall–Kier alpha value is -1.56. The summed E-state index contributed by atoms with van der Waals surface area (Å²) in [4.78, 5) is 28.7. The molecular weight excluding hydrogens is 238 g/mol. The second-order valence-corrected chi connectivity index (χ2v) is 4.79. The molecule has 5 nitrogen and oxygen atoms in total. The molecule has 0 aromatic carbocycles. The van der Waals surface area contributed by atoms with Crippen molar-refractivity contribution in [3.63, 3.8) is 0 Å². The minimum absolute atomic E-state index is 0.00225. The van der Waals surface area contributed by atoms with E-state index in [0.717, 1.165) is 0 Å². The first-order valence-corrected chi connectivity index (χ1v) is 6.19. The standard InChI is InChI=1S/C11H13N3O2S/c1-14-10(16)7-4-2-3-5-8(7)13-11(14)17-6-9(12)15/h2-5,7-8H,6H2,1H3,(H2,12,15)/t7-,8-/m0/s1. The average Bonchev–Trinajstić information content (AvgIpc) is 2.32. The summed E-state index contributed by atoms with van der Waals surface area (Å²) in [6.07, 6.45) is 7.46. The fourth-order valence-electron chi connectivity index (χ4n) is 1.75. The van der Waals surface area contributed by atoms with E-state index in [2.05, 4.69) is 4.99 Å². The first-order valence-electron chi connectivity index (χ1n) is 5.21. The van der Waals surface area contributed by atoms with E-state index in [9.17, 15) is 9.59 Å². The summed E-state index contributed by atoms with van der Waals surface area (Å²) in [5, 5.41) is 0.551. The van der Waals surface area contributed by atoms with Gasteiger partial charge in [-0.3, -0.25) is 19.5 Å². The van der Waals surface area contributed by atoms with Crippen LogP contribution in [0.5, 0.6) is 0 Å². The van der Waals surface area contributed by atoms with Gasteiger partial charge in [0.2, 0.25) is 11.8 Å². The predicted octanol–water partition coefficient (Wildman–Crippen LogP) is 0.144. The van der Waals surface area contributed by atoms with E-state index in [4.69, 9.17) is 5.73 Å². The molecule has 17 heavy (non-hydrogen) atoms. The molecule has 0 spiro atoms. The number of primary amides is 1. The zero-order chi connectivity index (χ0) is 12.4. The molecule has 0 bridgehead atoms. The third-order valence-corrected chi connectivity index (χ3v) is 3.68. The molecule has 0 aromatic heterocycles. The van der Waals surface area contributed by atoms with E-state index in [1.807, 2.05) is 24.3 Å². The summed E-state index contributed by atoms with van der Waals surface area (Å²) >= 11 is 1.20. The number of hydrogen-bond acceptors (Lipinski definition) is 4. The van der Waals surface area contributed by atoms with Crippen molar-refractivity contribution in [2.75, 3.05) is 12.8 Å². The minimum atomic E-state index is -0.417. The first-order chi connectivity index (χ1) is 8.09. The molecule has 1 aliphatic carbocycles. The molecule has 0 saturated carbocycles. The number of thioether (sulfide) groups is 1. The highest BCUT2D eigenvalue weighted by molar-refractivity contribution is 8.14. The highest BCUT2D eigenvalue weighted by atomic mass is 32.2. The Morgan fingerprint density at radius 3 is 2.94 bits per heavy atom. The van der Waals surface area contributed by atoms with E-state index in [1.54, 1.807) is 7.05 Å². The second-order valence-electron chi connectivity index (χ2n) is 3.85. The van der Waals surface area contributed by atoms with Crippen molar-refractivity contribution in [3.05, 3.63) is 24.3 Å². The van der Waals surface area contributed by atoms with Crippen LogP contribution in [0.4, 0.5) is 0 Å². The number of carbonyl (C=O) groups is 2. The zero-order valence-electron chi connectivity index (χ0n) is 9.37. The Morgan fingerprint density at radius 1 is 1.53 bits per heavy atom. The number of allylic oxidation sites excluding steroid dienone is 2. The van der Waals surface area contributed by atoms with Crippen molar-refractivity contribution < 1.29 is 9.59 Å². The lowest BCUT2D eigenvalue weighted by atomic mass is 9.93. The van der Waals surface area contributed by atoms with Crippen LogP contribution in [0.25, 0.3) is 0 Å². The average molecular weight is 251 g/mol. The smallest absolute Gasteiger partial charge is 0.237 e. The van der Waals surface area contributed by atoms with Crippen LogP contribution in [0.1, 0.15) is 0 Å². The number of fused-ring (bicyclic) bond motifs is 1. The van der Waals surface area contributed by atoms with Crippen LogP contribution in [-0.2, 0) is 9.59 Å². The maximum Gasteiger partial charge on any atom is 0.237 e. The van der Waals surface area contributed by atoms with Gasteiger partial charge >= 0.3 is 0 Å². The summed E-state index contributed by atoms with van der Waals surface area (Å²) in [6.45, 7) is 0. The Bertz CT molecular complexity index is 442.